The summed E-state index contributed by atoms with van der Waals surface area (Å²) >= 11 is 0. The highest BCUT2D eigenvalue weighted by Gasteiger charge is 2.36. The molecule has 0 fully saturated rings. The van der Waals surface area contributed by atoms with Crippen LogP contribution < -0.4 is 0 Å². The molecular weight excluding hydrogens is 184 g/mol. The molecule has 0 bridgehead atoms. The molecule has 0 saturated carbocycles. The second-order valence-electron chi connectivity index (χ2n) is 3.54. The van der Waals surface area contributed by atoms with E-state index in [2.05, 4.69) is 4.74 Å². The predicted octanol–water partition coefficient (Wildman–Crippen LogP) is 0.955. The first kappa shape index (κ1) is 9.24. The van der Waals surface area contributed by atoms with E-state index in [0.29, 0.717) is 18.6 Å². The third kappa shape index (κ3) is 1.41. The van der Waals surface area contributed by atoms with Gasteiger partial charge in [-0.05, 0) is 18.4 Å². The van der Waals surface area contributed by atoms with Gasteiger partial charge in [-0.2, -0.15) is 0 Å². The van der Waals surface area contributed by atoms with Crippen molar-refractivity contribution in [1.29, 1.82) is 0 Å². The molecule has 2 aliphatic rings. The van der Waals surface area contributed by atoms with E-state index in [1.165, 1.54) is 7.11 Å². The molecule has 0 aromatic heterocycles. The maximum atomic E-state index is 11.4. The van der Waals surface area contributed by atoms with Crippen LogP contribution in [-0.2, 0) is 19.1 Å². The Morgan fingerprint density at radius 1 is 1.50 bits per heavy atom. The summed E-state index contributed by atoms with van der Waals surface area (Å²) in [6.45, 7) is 0. The first-order valence-electron chi connectivity index (χ1n) is 4.72. The van der Waals surface area contributed by atoms with Crippen molar-refractivity contribution in [3.05, 3.63) is 11.3 Å². The van der Waals surface area contributed by atoms with Crippen LogP contribution in [-0.4, -0.2) is 25.0 Å². The molecular formula is C10H12O4. The number of ether oxygens (including phenoxy) is 2. The van der Waals surface area contributed by atoms with Crippen LogP contribution in [0.2, 0.25) is 0 Å². The lowest BCUT2D eigenvalue weighted by Crippen LogP contribution is -2.22. The average molecular weight is 196 g/mol. The van der Waals surface area contributed by atoms with Gasteiger partial charge in [0.15, 0.2) is 17.6 Å². The minimum Gasteiger partial charge on any atom is -0.475 e. The fourth-order valence-corrected chi connectivity index (χ4v) is 1.90. The van der Waals surface area contributed by atoms with E-state index in [9.17, 15) is 9.59 Å². The molecule has 1 atom stereocenters. The van der Waals surface area contributed by atoms with Gasteiger partial charge in [-0.1, -0.05) is 0 Å². The van der Waals surface area contributed by atoms with Crippen LogP contribution >= 0.6 is 0 Å². The molecule has 1 aliphatic heterocycles. The predicted molar refractivity (Wildman–Crippen MR) is 47.4 cm³/mol. The molecule has 1 unspecified atom stereocenters. The van der Waals surface area contributed by atoms with Crippen LogP contribution in [0.1, 0.15) is 25.7 Å². The van der Waals surface area contributed by atoms with Crippen LogP contribution in [0.25, 0.3) is 0 Å². The quantitative estimate of drug-likeness (QED) is 0.586. The van der Waals surface area contributed by atoms with E-state index in [1.807, 2.05) is 0 Å². The van der Waals surface area contributed by atoms with Crippen molar-refractivity contribution < 1.29 is 19.1 Å². The molecule has 14 heavy (non-hydrogen) atoms. The molecule has 0 N–H and O–H groups in total. The number of Topliss-reactive ketones (excluding diaryl/α,β-unsaturated/α-hetero) is 1. The topological polar surface area (TPSA) is 52.6 Å². The number of esters is 1. The van der Waals surface area contributed by atoms with E-state index in [-0.39, 0.29) is 5.78 Å². The molecule has 0 saturated heterocycles. The van der Waals surface area contributed by atoms with E-state index in [4.69, 9.17) is 4.74 Å². The summed E-state index contributed by atoms with van der Waals surface area (Å²) in [5.41, 5.74) is 0.983. The SMILES string of the molecule is COC(=O)C1CC2=C(O1)C(=O)CCC2. The zero-order chi connectivity index (χ0) is 10.1. The Bertz CT molecular complexity index is 316. The van der Waals surface area contributed by atoms with Gasteiger partial charge in [-0.15, -0.1) is 0 Å². The van der Waals surface area contributed by atoms with Crippen LogP contribution in [0.15, 0.2) is 11.3 Å². The summed E-state index contributed by atoms with van der Waals surface area (Å²) in [5, 5.41) is 0. The standard InChI is InChI=1S/C10H12O4/c1-13-10(12)8-5-6-3-2-4-7(11)9(6)14-8/h8H,2-5H2,1H3. The number of methoxy groups -OCH3 is 1. The number of ketones is 1. The van der Waals surface area contributed by atoms with Crippen molar-refractivity contribution in [3.8, 4) is 0 Å². The van der Waals surface area contributed by atoms with Crippen molar-refractivity contribution in [1.82, 2.24) is 0 Å². The van der Waals surface area contributed by atoms with Crippen molar-refractivity contribution in [2.75, 3.05) is 7.11 Å². The fraction of sp³-hybridized carbons (Fsp3) is 0.600. The van der Waals surface area contributed by atoms with Gasteiger partial charge in [0, 0.05) is 12.8 Å². The number of carbonyl (C=O) groups excluding carboxylic acids is 2. The molecule has 0 aromatic rings. The molecule has 0 amide bonds. The average Bonchev–Trinajstić information content (AvgIpc) is 2.62. The summed E-state index contributed by atoms with van der Waals surface area (Å²) in [7, 11) is 1.32. The van der Waals surface area contributed by atoms with Gasteiger partial charge in [0.1, 0.15) is 0 Å². The Labute approximate surface area is 81.9 Å². The minimum absolute atomic E-state index is 0.0256. The zero-order valence-corrected chi connectivity index (χ0v) is 8.04. The Balaban J connectivity index is 2.11. The van der Waals surface area contributed by atoms with Crippen molar-refractivity contribution in [3.63, 3.8) is 0 Å². The van der Waals surface area contributed by atoms with Gasteiger partial charge in [0.25, 0.3) is 0 Å². The molecule has 4 heteroatoms. The number of allylic oxidation sites excluding steroid dienone is 1. The molecule has 2 rings (SSSR count). The number of hydrogen-bond acceptors (Lipinski definition) is 4. The summed E-state index contributed by atoms with van der Waals surface area (Å²) < 4.78 is 9.86. The first-order valence-corrected chi connectivity index (χ1v) is 4.72. The Morgan fingerprint density at radius 2 is 2.29 bits per heavy atom. The van der Waals surface area contributed by atoms with Gasteiger partial charge >= 0.3 is 5.97 Å². The van der Waals surface area contributed by atoms with Crippen molar-refractivity contribution in [2.45, 2.75) is 31.8 Å². The second-order valence-corrected chi connectivity index (χ2v) is 3.54. The highest BCUT2D eigenvalue weighted by atomic mass is 16.6. The van der Waals surface area contributed by atoms with Gasteiger partial charge in [-0.3, -0.25) is 4.79 Å². The van der Waals surface area contributed by atoms with Crippen LogP contribution in [0.4, 0.5) is 0 Å². The lowest BCUT2D eigenvalue weighted by Gasteiger charge is -2.11. The largest absolute Gasteiger partial charge is 0.475 e. The fourth-order valence-electron chi connectivity index (χ4n) is 1.90. The van der Waals surface area contributed by atoms with Gasteiger partial charge in [0.05, 0.1) is 7.11 Å². The number of hydrogen-bond donors (Lipinski definition) is 0. The monoisotopic (exact) mass is 196 g/mol. The van der Waals surface area contributed by atoms with Crippen LogP contribution in [0.5, 0.6) is 0 Å². The van der Waals surface area contributed by atoms with E-state index in [1.54, 1.807) is 0 Å². The molecule has 1 aliphatic carbocycles. The Morgan fingerprint density at radius 3 is 2.93 bits per heavy atom. The summed E-state index contributed by atoms with van der Waals surface area (Å²) in [4.78, 5) is 22.6. The van der Waals surface area contributed by atoms with Gasteiger partial charge in [-0.25, -0.2) is 4.79 Å². The number of carbonyl (C=O) groups is 2. The first-order chi connectivity index (χ1) is 6.72. The Hall–Kier alpha value is -1.32. The third-order valence-electron chi connectivity index (χ3n) is 2.61. The smallest absolute Gasteiger partial charge is 0.347 e. The van der Waals surface area contributed by atoms with Gasteiger partial charge in [0.2, 0.25) is 0 Å². The lowest BCUT2D eigenvalue weighted by atomic mass is 9.95. The van der Waals surface area contributed by atoms with Gasteiger partial charge < -0.3 is 9.47 Å². The molecule has 4 nitrogen and oxygen atoms in total. The molecule has 0 spiro atoms. The molecule has 0 radical (unpaired) electrons. The highest BCUT2D eigenvalue weighted by molar-refractivity contribution is 5.96. The maximum Gasteiger partial charge on any atom is 0.347 e. The van der Waals surface area contributed by atoms with Crippen molar-refractivity contribution >= 4 is 11.8 Å². The normalized spacial score (nSPS) is 25.8. The minimum atomic E-state index is -0.591. The van der Waals surface area contributed by atoms with E-state index in [0.717, 1.165) is 18.4 Å². The van der Waals surface area contributed by atoms with E-state index >= 15 is 0 Å². The summed E-state index contributed by atoms with van der Waals surface area (Å²) in [6.07, 6.45) is 2.20. The zero-order valence-electron chi connectivity index (χ0n) is 8.04. The molecule has 1 heterocycles. The second kappa shape index (κ2) is 3.44. The summed E-state index contributed by atoms with van der Waals surface area (Å²) in [5.74, 6) is 0.0523. The molecule has 0 aromatic carbocycles. The van der Waals surface area contributed by atoms with Crippen molar-refractivity contribution in [2.24, 2.45) is 0 Å². The maximum absolute atomic E-state index is 11.4. The number of rotatable bonds is 1. The van der Waals surface area contributed by atoms with Crippen LogP contribution in [0.3, 0.4) is 0 Å². The molecule has 76 valence electrons. The van der Waals surface area contributed by atoms with Crippen LogP contribution in [0, 0.1) is 0 Å². The lowest BCUT2D eigenvalue weighted by molar-refractivity contribution is -0.150. The summed E-state index contributed by atoms with van der Waals surface area (Å²) in [6, 6.07) is 0. The third-order valence-corrected chi connectivity index (χ3v) is 2.61. The highest BCUT2D eigenvalue weighted by Crippen LogP contribution is 2.34. The Kier molecular flexibility index (Phi) is 2.27. The van der Waals surface area contributed by atoms with E-state index < -0.39 is 12.1 Å².